The highest BCUT2D eigenvalue weighted by molar-refractivity contribution is 6.18. The molecule has 0 aliphatic heterocycles. The molecule has 0 saturated carbocycles. The molecule has 1 N–H and O–H groups in total. The molecule has 0 heterocycles. The van der Waals surface area contributed by atoms with Crippen molar-refractivity contribution in [1.29, 1.82) is 0 Å². The van der Waals surface area contributed by atoms with E-state index in [1.165, 1.54) is 57.8 Å². The topological polar surface area (TPSA) is 46.5 Å². The lowest BCUT2D eigenvalue weighted by Crippen LogP contribution is -2.23. The average molecular weight is 321 g/mol. The highest BCUT2D eigenvalue weighted by Crippen LogP contribution is 2.12. The maximum atomic E-state index is 11.4. The molecule has 3 nitrogen and oxygen atoms in total. The predicted octanol–water partition coefficient (Wildman–Crippen LogP) is 4.83. The van der Waals surface area contributed by atoms with Crippen LogP contribution in [0.5, 0.6) is 0 Å². The largest absolute Gasteiger partial charge is 0.459 e. The first kappa shape index (κ1) is 20.7. The zero-order chi connectivity index (χ0) is 15.8. The number of aliphatic hydroxyl groups excluding tert-OH is 1. The van der Waals surface area contributed by atoms with Crippen LogP contribution in [0, 0.1) is 0 Å². The van der Waals surface area contributed by atoms with E-state index in [-0.39, 0.29) is 18.5 Å². The first-order valence-corrected chi connectivity index (χ1v) is 9.14. The molecule has 0 spiro atoms. The van der Waals surface area contributed by atoms with E-state index in [9.17, 15) is 4.79 Å². The van der Waals surface area contributed by atoms with Crippen molar-refractivity contribution in [1.82, 2.24) is 0 Å². The Balaban J connectivity index is 3.23. The van der Waals surface area contributed by atoms with E-state index in [0.29, 0.717) is 6.42 Å². The highest BCUT2D eigenvalue weighted by Gasteiger charge is 2.11. The number of carbonyl (C=O) groups is 1. The van der Waals surface area contributed by atoms with E-state index in [1.54, 1.807) is 0 Å². The first-order chi connectivity index (χ1) is 10.2. The van der Waals surface area contributed by atoms with Crippen molar-refractivity contribution < 1.29 is 14.6 Å². The molecule has 0 aromatic heterocycles. The molecule has 0 aromatic rings. The van der Waals surface area contributed by atoms with Gasteiger partial charge in [0.05, 0.1) is 12.5 Å². The Kier molecular flexibility index (Phi) is 15.9. The molecule has 0 amide bonds. The predicted molar refractivity (Wildman–Crippen MR) is 88.8 cm³/mol. The lowest BCUT2D eigenvalue weighted by molar-refractivity contribution is -0.149. The van der Waals surface area contributed by atoms with E-state index in [0.717, 1.165) is 12.8 Å². The molecule has 0 aliphatic carbocycles. The third-order valence-electron chi connectivity index (χ3n) is 3.66. The molecule has 0 bridgehead atoms. The summed E-state index contributed by atoms with van der Waals surface area (Å²) in [6.07, 6.45) is 13.8. The maximum Gasteiger partial charge on any atom is 0.306 e. The van der Waals surface area contributed by atoms with Gasteiger partial charge in [0.25, 0.3) is 0 Å². The van der Waals surface area contributed by atoms with E-state index in [1.807, 2.05) is 0 Å². The van der Waals surface area contributed by atoms with Crippen LogP contribution in [0.1, 0.15) is 84.0 Å². The van der Waals surface area contributed by atoms with Gasteiger partial charge in [-0.1, -0.05) is 71.1 Å². The summed E-state index contributed by atoms with van der Waals surface area (Å²) in [5.41, 5.74) is 0. The van der Waals surface area contributed by atoms with Gasteiger partial charge in [0.1, 0.15) is 6.10 Å². The normalized spacial score (nSPS) is 12.3. The highest BCUT2D eigenvalue weighted by atomic mass is 35.5. The summed E-state index contributed by atoms with van der Waals surface area (Å²) >= 11 is 5.55. The minimum Gasteiger partial charge on any atom is -0.459 e. The number of alkyl halides is 1. The number of hydrogen-bond donors (Lipinski definition) is 1. The Labute approximate surface area is 135 Å². The minimum absolute atomic E-state index is 0.153. The number of unbranched alkanes of at least 4 members (excludes halogenated alkanes) is 10. The molecular formula is C17H33ClO3. The zero-order valence-electron chi connectivity index (χ0n) is 13.6. The minimum atomic E-state index is -0.549. The van der Waals surface area contributed by atoms with Crippen molar-refractivity contribution in [3.63, 3.8) is 0 Å². The lowest BCUT2D eigenvalue weighted by Gasteiger charge is -2.12. The summed E-state index contributed by atoms with van der Waals surface area (Å²) in [4.78, 5) is 11.4. The number of hydrogen-bond acceptors (Lipinski definition) is 3. The van der Waals surface area contributed by atoms with Crippen LogP contribution in [-0.2, 0) is 9.53 Å². The van der Waals surface area contributed by atoms with Crippen molar-refractivity contribution in [3.8, 4) is 0 Å². The van der Waals surface area contributed by atoms with Crippen molar-refractivity contribution in [2.24, 2.45) is 0 Å². The molecule has 0 fully saturated rings. The SMILES string of the molecule is CCCCCCCCCCCCCC(=O)OC(CO)CCl. The first-order valence-electron chi connectivity index (χ1n) is 8.60. The van der Waals surface area contributed by atoms with Gasteiger partial charge in [-0.15, -0.1) is 11.6 Å². The Morgan fingerprint density at radius 1 is 0.952 bits per heavy atom. The van der Waals surface area contributed by atoms with Gasteiger partial charge in [-0.2, -0.15) is 0 Å². The molecule has 0 aliphatic rings. The van der Waals surface area contributed by atoms with Gasteiger partial charge in [-0.25, -0.2) is 0 Å². The van der Waals surface area contributed by atoms with Gasteiger partial charge < -0.3 is 9.84 Å². The van der Waals surface area contributed by atoms with E-state index in [2.05, 4.69) is 6.92 Å². The molecule has 0 rings (SSSR count). The fourth-order valence-corrected chi connectivity index (χ4v) is 2.46. The standard InChI is InChI=1S/C17H33ClO3/c1-2-3-4-5-6-7-8-9-10-11-12-13-17(20)21-16(14-18)15-19/h16,19H,2-15H2,1H3. The monoisotopic (exact) mass is 320 g/mol. The van der Waals surface area contributed by atoms with Crippen LogP contribution in [0.25, 0.3) is 0 Å². The summed E-state index contributed by atoms with van der Waals surface area (Å²) in [6, 6.07) is 0. The molecule has 126 valence electrons. The van der Waals surface area contributed by atoms with Crippen LogP contribution < -0.4 is 0 Å². The van der Waals surface area contributed by atoms with E-state index in [4.69, 9.17) is 21.4 Å². The molecular weight excluding hydrogens is 288 g/mol. The van der Waals surface area contributed by atoms with Crippen molar-refractivity contribution in [2.45, 2.75) is 90.1 Å². The zero-order valence-corrected chi connectivity index (χ0v) is 14.4. The number of halogens is 1. The molecule has 1 unspecified atom stereocenters. The summed E-state index contributed by atoms with van der Waals surface area (Å²) in [5, 5.41) is 8.87. The van der Waals surface area contributed by atoms with Gasteiger partial charge in [0.15, 0.2) is 0 Å². The van der Waals surface area contributed by atoms with Crippen molar-refractivity contribution in [2.75, 3.05) is 12.5 Å². The van der Waals surface area contributed by atoms with Crippen LogP contribution in [0.3, 0.4) is 0 Å². The third-order valence-corrected chi connectivity index (χ3v) is 4.00. The molecule has 0 radical (unpaired) electrons. The number of esters is 1. The van der Waals surface area contributed by atoms with Crippen LogP contribution in [0.15, 0.2) is 0 Å². The Morgan fingerprint density at radius 3 is 1.86 bits per heavy atom. The fourth-order valence-electron chi connectivity index (χ4n) is 2.30. The van der Waals surface area contributed by atoms with Crippen LogP contribution in [-0.4, -0.2) is 29.7 Å². The molecule has 0 saturated heterocycles. The lowest BCUT2D eigenvalue weighted by atomic mass is 10.1. The number of carbonyl (C=O) groups excluding carboxylic acids is 1. The molecule has 21 heavy (non-hydrogen) atoms. The van der Waals surface area contributed by atoms with Gasteiger partial charge in [0.2, 0.25) is 0 Å². The van der Waals surface area contributed by atoms with Crippen molar-refractivity contribution >= 4 is 17.6 Å². The van der Waals surface area contributed by atoms with E-state index >= 15 is 0 Å². The van der Waals surface area contributed by atoms with Gasteiger partial charge in [-0.05, 0) is 6.42 Å². The fraction of sp³-hybridized carbons (Fsp3) is 0.941. The quantitative estimate of drug-likeness (QED) is 0.267. The van der Waals surface area contributed by atoms with Crippen LogP contribution in [0.2, 0.25) is 0 Å². The van der Waals surface area contributed by atoms with Gasteiger partial charge >= 0.3 is 5.97 Å². The summed E-state index contributed by atoms with van der Waals surface area (Å²) < 4.78 is 5.02. The summed E-state index contributed by atoms with van der Waals surface area (Å²) in [7, 11) is 0. The van der Waals surface area contributed by atoms with Crippen LogP contribution in [0.4, 0.5) is 0 Å². The Bertz CT molecular complexity index is 230. The second kappa shape index (κ2) is 16.1. The average Bonchev–Trinajstić information content (AvgIpc) is 2.50. The Morgan fingerprint density at radius 2 is 1.43 bits per heavy atom. The summed E-state index contributed by atoms with van der Waals surface area (Å²) in [6.45, 7) is 2.04. The molecule has 4 heteroatoms. The number of rotatable bonds is 15. The Hall–Kier alpha value is -0.280. The third kappa shape index (κ3) is 14.4. The smallest absolute Gasteiger partial charge is 0.306 e. The molecule has 1 atom stereocenters. The number of aliphatic hydroxyl groups is 1. The van der Waals surface area contributed by atoms with Gasteiger partial charge in [-0.3, -0.25) is 4.79 Å². The molecule has 0 aromatic carbocycles. The maximum absolute atomic E-state index is 11.4. The second-order valence-corrected chi connectivity index (χ2v) is 6.04. The van der Waals surface area contributed by atoms with E-state index < -0.39 is 6.10 Å². The van der Waals surface area contributed by atoms with Gasteiger partial charge in [0, 0.05) is 6.42 Å². The number of ether oxygens (including phenoxy) is 1. The van der Waals surface area contributed by atoms with Crippen LogP contribution >= 0.6 is 11.6 Å². The summed E-state index contributed by atoms with van der Waals surface area (Å²) in [5.74, 6) is -0.0915. The second-order valence-electron chi connectivity index (χ2n) is 5.73. The van der Waals surface area contributed by atoms with Crippen molar-refractivity contribution in [3.05, 3.63) is 0 Å².